The molecule has 1 aliphatic rings. The molecule has 1 aromatic heterocycles. The Labute approximate surface area is 651 Å². The summed E-state index contributed by atoms with van der Waals surface area (Å²) in [7, 11) is 0. The highest BCUT2D eigenvalue weighted by Crippen LogP contribution is 2.41. The van der Waals surface area contributed by atoms with Gasteiger partial charge >= 0.3 is 0 Å². The van der Waals surface area contributed by atoms with Crippen LogP contribution in [-0.4, -0.2) is 4.57 Å². The maximum atomic E-state index is 3.71. The van der Waals surface area contributed by atoms with Crippen molar-refractivity contribution in [2.75, 3.05) is 0 Å². The van der Waals surface area contributed by atoms with E-state index in [1.807, 2.05) is 12.1 Å². The summed E-state index contributed by atoms with van der Waals surface area (Å²) in [6.07, 6.45) is 5.69. The summed E-state index contributed by atoms with van der Waals surface area (Å²) in [4.78, 5) is 0. The van der Waals surface area contributed by atoms with Crippen LogP contribution in [0.25, 0.3) is 145 Å². The molecule has 0 spiro atoms. The van der Waals surface area contributed by atoms with Crippen LogP contribution in [0, 0.1) is 0 Å². The molecule has 0 radical (unpaired) electrons. The fraction of sp³-hybridized carbons (Fsp3) is 0.0291. The summed E-state index contributed by atoms with van der Waals surface area (Å²) in [5.74, 6) is 0. The topological polar surface area (TPSA) is 4.93 Å². The molecule has 0 saturated carbocycles. The summed E-state index contributed by atoms with van der Waals surface area (Å²) >= 11 is 3.71. The van der Waals surface area contributed by atoms with Crippen molar-refractivity contribution < 1.29 is 0 Å². The molecule has 17 aromatic rings. The molecule has 1 aliphatic carbocycles. The van der Waals surface area contributed by atoms with Crippen LogP contribution in [0.1, 0.15) is 31.5 Å². The van der Waals surface area contributed by atoms with E-state index in [-0.39, 0.29) is 38.8 Å². The standard InChI is InChI=1S/C50H35N.C30H21Br.C21H16.2CH4.HI/c1-5-13-36(14-6-1)39-21-25-41(26-22-39)45-31-46(42-27-23-40(24-28-42)37-15-7-2-8-16-37)33-47(32-45)51-35-49(43-19-11-4-12-20-43)48-34-44(29-30-50(48)51)38-17-9-3-10-18-38;31-30-20-28(26-15-11-24(12-16-26)22-7-3-1-4-8-22)19-29(21-30)27-17-13-25(14-18-27)23-9-5-2-6-10-23;1-3-7-16(8-4-1)19-12-11-18-13-14-20(21(18)15-19)17-9-5-2-6-10-17;;;/h1-35H;1-21H;1-12,14-15H,13H2;2*1H4;1H. The molecule has 18 rings (SSSR count). The first kappa shape index (κ1) is 72.4. The van der Waals surface area contributed by atoms with Crippen LogP contribution in [0.2, 0.25) is 0 Å². The Balaban J connectivity index is 0.000000154. The van der Waals surface area contributed by atoms with Gasteiger partial charge in [0.05, 0.1) is 5.52 Å². The first-order chi connectivity index (χ1) is 50.9. The van der Waals surface area contributed by atoms with Crippen LogP contribution in [0.4, 0.5) is 0 Å². The average Bonchev–Trinajstić information content (AvgIpc) is 1.58. The number of halogens is 2. The number of benzene rings is 16. The summed E-state index contributed by atoms with van der Waals surface area (Å²) in [5, 5.41) is 1.23. The Morgan fingerprint density at radius 3 is 0.830 bits per heavy atom. The SMILES string of the molecule is Brc1cc(-c2ccc(-c3ccccc3)cc2)cc(-c2ccc(-c3ccccc3)cc2)c1.C.C.C1=C(c2ccccc2)c2cc(-c3ccccc3)ccc2C1.I.c1ccc(-c2ccc(-c3cc(-c4ccc(-c5ccccc5)cc4)cc(-n4cc(-c5ccccc5)c5cc(-c6ccccc6)ccc54)c3)cc2)cc1. The van der Waals surface area contributed by atoms with Gasteiger partial charge in [0.1, 0.15) is 0 Å². The van der Waals surface area contributed by atoms with Crippen molar-refractivity contribution in [3.05, 3.63) is 446 Å². The zero-order chi connectivity index (χ0) is 69.1. The maximum Gasteiger partial charge on any atom is 0.0535 e. The molecule has 0 atom stereocenters. The van der Waals surface area contributed by atoms with Crippen LogP contribution in [0.3, 0.4) is 0 Å². The number of aromatic nitrogens is 1. The normalized spacial score (nSPS) is 11.0. The molecule has 16 aromatic carbocycles. The van der Waals surface area contributed by atoms with Gasteiger partial charge in [0.2, 0.25) is 0 Å². The number of rotatable bonds is 13. The van der Waals surface area contributed by atoms with Crippen LogP contribution < -0.4 is 0 Å². The Hall–Kier alpha value is -12.0. The van der Waals surface area contributed by atoms with Gasteiger partial charge in [0.15, 0.2) is 0 Å². The van der Waals surface area contributed by atoms with Crippen molar-refractivity contribution >= 4 is 56.4 Å². The van der Waals surface area contributed by atoms with Gasteiger partial charge in [-0.3, -0.25) is 0 Å². The second kappa shape index (κ2) is 34.1. The molecule has 0 fully saturated rings. The predicted molar refractivity (Wildman–Crippen MR) is 470 cm³/mol. The van der Waals surface area contributed by atoms with Gasteiger partial charge < -0.3 is 4.57 Å². The smallest absolute Gasteiger partial charge is 0.0535 e. The zero-order valence-electron chi connectivity index (χ0n) is 57.4. The minimum absolute atomic E-state index is 0. The van der Waals surface area contributed by atoms with E-state index in [9.17, 15) is 0 Å². The molecule has 0 aliphatic heterocycles. The number of allylic oxidation sites excluding steroid dienone is 1. The first-order valence-electron chi connectivity index (χ1n) is 35.2. The molecule has 0 bridgehead atoms. The highest BCUT2D eigenvalue weighted by atomic mass is 127. The lowest BCUT2D eigenvalue weighted by molar-refractivity contribution is 1.13. The summed E-state index contributed by atoms with van der Waals surface area (Å²) in [6, 6.07) is 148. The quantitative estimate of drug-likeness (QED) is 0.101. The van der Waals surface area contributed by atoms with E-state index in [0.29, 0.717) is 0 Å². The van der Waals surface area contributed by atoms with E-state index < -0.39 is 0 Å². The van der Waals surface area contributed by atoms with Crippen molar-refractivity contribution in [2.45, 2.75) is 21.3 Å². The second-order valence-electron chi connectivity index (χ2n) is 26.1. The first-order valence-corrected chi connectivity index (χ1v) is 36.0. The van der Waals surface area contributed by atoms with Gasteiger partial charge in [-0.15, -0.1) is 24.0 Å². The van der Waals surface area contributed by atoms with Gasteiger partial charge in [-0.05, 0) is 200 Å². The Morgan fingerprint density at radius 1 is 0.217 bits per heavy atom. The van der Waals surface area contributed by atoms with Crippen LogP contribution in [0.15, 0.2) is 429 Å². The second-order valence-corrected chi connectivity index (χ2v) is 27.0. The van der Waals surface area contributed by atoms with Gasteiger partial charge in [-0.2, -0.15) is 0 Å². The molecule has 3 heteroatoms. The van der Waals surface area contributed by atoms with E-state index in [2.05, 4.69) is 433 Å². The Morgan fingerprint density at radius 2 is 0.481 bits per heavy atom. The molecule has 1 nitrogen and oxygen atoms in total. The fourth-order valence-electron chi connectivity index (χ4n) is 14.1. The van der Waals surface area contributed by atoms with Gasteiger partial charge in [0, 0.05) is 27.3 Å². The van der Waals surface area contributed by atoms with E-state index in [0.717, 1.165) is 16.6 Å². The summed E-state index contributed by atoms with van der Waals surface area (Å²) in [6.45, 7) is 0. The molecule has 0 amide bonds. The van der Waals surface area contributed by atoms with Crippen molar-refractivity contribution in [3.8, 4) is 128 Å². The lowest BCUT2D eigenvalue weighted by Gasteiger charge is -2.14. The van der Waals surface area contributed by atoms with Gasteiger partial charge in [-0.1, -0.05) is 395 Å². The lowest BCUT2D eigenvalue weighted by atomic mass is 9.95. The van der Waals surface area contributed by atoms with Crippen molar-refractivity contribution in [3.63, 3.8) is 0 Å². The third-order valence-corrected chi connectivity index (χ3v) is 20.0. The molecular formula is C103H81BrIN. The third-order valence-electron chi connectivity index (χ3n) is 19.5. The molecule has 1 heterocycles. The van der Waals surface area contributed by atoms with Crippen molar-refractivity contribution in [2.24, 2.45) is 0 Å². The highest BCUT2D eigenvalue weighted by molar-refractivity contribution is 14.0. The van der Waals surface area contributed by atoms with E-state index >= 15 is 0 Å². The molecular weight excluding hydrogens is 1460 g/mol. The highest BCUT2D eigenvalue weighted by Gasteiger charge is 2.19. The number of hydrogen-bond acceptors (Lipinski definition) is 0. The minimum atomic E-state index is 0. The largest absolute Gasteiger partial charge is 0.316 e. The van der Waals surface area contributed by atoms with E-state index in [1.54, 1.807) is 0 Å². The molecule has 512 valence electrons. The van der Waals surface area contributed by atoms with E-state index in [4.69, 9.17) is 0 Å². The number of nitrogens with zero attached hydrogens (tertiary/aromatic N) is 1. The van der Waals surface area contributed by atoms with E-state index in [1.165, 1.54) is 156 Å². The lowest BCUT2D eigenvalue weighted by Crippen LogP contribution is -1.95. The average molecular weight is 1540 g/mol. The van der Waals surface area contributed by atoms with Gasteiger partial charge in [0.25, 0.3) is 0 Å². The Kier molecular flexibility index (Phi) is 23.3. The summed E-state index contributed by atoms with van der Waals surface area (Å²) < 4.78 is 3.45. The van der Waals surface area contributed by atoms with Gasteiger partial charge in [-0.25, -0.2) is 0 Å². The molecule has 106 heavy (non-hydrogen) atoms. The zero-order valence-corrected chi connectivity index (χ0v) is 61.3. The van der Waals surface area contributed by atoms with Crippen molar-refractivity contribution in [1.29, 1.82) is 0 Å². The minimum Gasteiger partial charge on any atom is -0.316 e. The van der Waals surface area contributed by atoms with Crippen molar-refractivity contribution in [1.82, 2.24) is 4.57 Å². The summed E-state index contributed by atoms with van der Waals surface area (Å²) in [5.41, 5.74) is 34.6. The molecule has 0 saturated heterocycles. The number of fused-ring (bicyclic) bond motifs is 2. The van der Waals surface area contributed by atoms with Crippen LogP contribution >= 0.6 is 39.9 Å². The fourth-order valence-corrected chi connectivity index (χ4v) is 14.6. The molecule has 0 N–H and O–H groups in total. The Bertz CT molecular complexity index is 5520. The van der Waals surface area contributed by atoms with Crippen LogP contribution in [0.5, 0.6) is 0 Å². The molecule has 0 unspecified atom stereocenters. The van der Waals surface area contributed by atoms with Crippen LogP contribution in [-0.2, 0) is 6.42 Å². The number of hydrogen-bond donors (Lipinski definition) is 0. The monoisotopic (exact) mass is 1540 g/mol. The predicted octanol–water partition coefficient (Wildman–Crippen LogP) is 30.0. The third kappa shape index (κ3) is 16.5. The maximum absolute atomic E-state index is 3.71.